The van der Waals surface area contributed by atoms with Gasteiger partial charge in [-0.2, -0.15) is 0 Å². The number of amides is 1. The molecule has 0 saturated carbocycles. The number of hydrogen-bond donors (Lipinski definition) is 1. The van der Waals surface area contributed by atoms with Crippen LogP contribution in [0, 0.1) is 0 Å². The molecule has 1 aliphatic heterocycles. The average molecular weight is 286 g/mol. The molecule has 84 valence electrons. The van der Waals surface area contributed by atoms with Gasteiger partial charge in [0.1, 0.15) is 6.61 Å². The third-order valence-electron chi connectivity index (χ3n) is 2.24. The van der Waals surface area contributed by atoms with E-state index in [1.54, 1.807) is 6.07 Å². The van der Waals surface area contributed by atoms with Crippen molar-refractivity contribution in [3.8, 4) is 0 Å². The van der Waals surface area contributed by atoms with E-state index in [0.29, 0.717) is 23.3 Å². The zero-order valence-electron chi connectivity index (χ0n) is 8.14. The molecule has 1 aliphatic rings. The summed E-state index contributed by atoms with van der Waals surface area (Å²) in [5.74, 6) is -1.03. The number of cyclic esters (lactones) is 1. The van der Waals surface area contributed by atoms with Crippen LogP contribution >= 0.6 is 15.9 Å². The van der Waals surface area contributed by atoms with Crippen molar-refractivity contribution in [3.05, 3.63) is 28.2 Å². The number of nitrogens with zero attached hydrogens (tertiary/aromatic N) is 1. The second kappa shape index (κ2) is 4.13. The van der Waals surface area contributed by atoms with Crippen LogP contribution in [0.4, 0.5) is 10.5 Å². The van der Waals surface area contributed by atoms with Crippen LogP contribution in [-0.4, -0.2) is 30.3 Å². The summed E-state index contributed by atoms with van der Waals surface area (Å²) in [6.07, 6.45) is -0.455. The van der Waals surface area contributed by atoms with Gasteiger partial charge in [0.2, 0.25) is 0 Å². The number of carbonyl (C=O) groups excluding carboxylic acids is 1. The minimum atomic E-state index is -1.03. The van der Waals surface area contributed by atoms with Crippen molar-refractivity contribution in [1.82, 2.24) is 0 Å². The number of ether oxygens (including phenoxy) is 1. The largest absolute Gasteiger partial charge is 0.478 e. The van der Waals surface area contributed by atoms with E-state index in [4.69, 9.17) is 9.84 Å². The van der Waals surface area contributed by atoms with Crippen LogP contribution in [-0.2, 0) is 4.74 Å². The van der Waals surface area contributed by atoms with E-state index in [-0.39, 0.29) is 5.56 Å². The molecule has 0 spiro atoms. The van der Waals surface area contributed by atoms with Crippen LogP contribution in [0.1, 0.15) is 10.4 Å². The van der Waals surface area contributed by atoms with Crippen LogP contribution in [0.5, 0.6) is 0 Å². The molecule has 1 N–H and O–H groups in total. The first kappa shape index (κ1) is 10.9. The standard InChI is InChI=1S/C10H8BrNO4/c11-7-2-1-6(9(13)14)5-8(7)12-3-4-16-10(12)15/h1-2,5H,3-4H2,(H,13,14). The normalized spacial score (nSPS) is 15.1. The highest BCUT2D eigenvalue weighted by Gasteiger charge is 2.25. The third-order valence-corrected chi connectivity index (χ3v) is 2.92. The predicted octanol–water partition coefficient (Wildman–Crippen LogP) is 2.10. The highest BCUT2D eigenvalue weighted by Crippen LogP contribution is 2.29. The lowest BCUT2D eigenvalue weighted by molar-refractivity contribution is 0.0697. The van der Waals surface area contributed by atoms with Crippen LogP contribution in [0.25, 0.3) is 0 Å². The number of benzene rings is 1. The summed E-state index contributed by atoms with van der Waals surface area (Å²) in [7, 11) is 0. The van der Waals surface area contributed by atoms with E-state index in [1.165, 1.54) is 17.0 Å². The maximum atomic E-state index is 11.3. The van der Waals surface area contributed by atoms with E-state index >= 15 is 0 Å². The molecule has 1 saturated heterocycles. The van der Waals surface area contributed by atoms with Crippen molar-refractivity contribution >= 4 is 33.7 Å². The van der Waals surface area contributed by atoms with Crippen LogP contribution in [0.2, 0.25) is 0 Å². The molecular formula is C10H8BrNO4. The Hall–Kier alpha value is -1.56. The number of halogens is 1. The van der Waals surface area contributed by atoms with Gasteiger partial charge in [0.25, 0.3) is 0 Å². The van der Waals surface area contributed by atoms with Gasteiger partial charge in [0.15, 0.2) is 0 Å². The molecule has 0 unspecified atom stereocenters. The number of carbonyl (C=O) groups is 2. The summed E-state index contributed by atoms with van der Waals surface area (Å²) in [5.41, 5.74) is 0.653. The minimum Gasteiger partial charge on any atom is -0.478 e. The number of hydrogen-bond acceptors (Lipinski definition) is 3. The molecule has 1 amide bonds. The van der Waals surface area contributed by atoms with Crippen molar-refractivity contribution in [2.45, 2.75) is 0 Å². The quantitative estimate of drug-likeness (QED) is 0.904. The molecule has 1 aromatic carbocycles. The Morgan fingerprint density at radius 3 is 2.81 bits per heavy atom. The van der Waals surface area contributed by atoms with Crippen LogP contribution < -0.4 is 4.90 Å². The molecule has 2 rings (SSSR count). The summed E-state index contributed by atoms with van der Waals surface area (Å²) in [6, 6.07) is 4.51. The topological polar surface area (TPSA) is 66.8 Å². The van der Waals surface area contributed by atoms with Gasteiger partial charge in [-0.05, 0) is 34.1 Å². The predicted molar refractivity (Wildman–Crippen MR) is 59.8 cm³/mol. The fourth-order valence-electron chi connectivity index (χ4n) is 1.46. The van der Waals surface area contributed by atoms with E-state index in [2.05, 4.69) is 15.9 Å². The molecule has 6 heteroatoms. The lowest BCUT2D eigenvalue weighted by atomic mass is 10.2. The van der Waals surface area contributed by atoms with Gasteiger partial charge in [-0.3, -0.25) is 4.90 Å². The fraction of sp³-hybridized carbons (Fsp3) is 0.200. The highest BCUT2D eigenvalue weighted by atomic mass is 79.9. The van der Waals surface area contributed by atoms with Gasteiger partial charge in [-0.1, -0.05) is 0 Å². The second-order valence-corrected chi connectivity index (χ2v) is 4.09. The third kappa shape index (κ3) is 1.88. The maximum Gasteiger partial charge on any atom is 0.414 e. The summed E-state index contributed by atoms with van der Waals surface area (Å²) >= 11 is 3.27. The van der Waals surface area contributed by atoms with Gasteiger partial charge in [-0.15, -0.1) is 0 Å². The molecular weight excluding hydrogens is 278 g/mol. The van der Waals surface area contributed by atoms with Crippen molar-refractivity contribution in [2.75, 3.05) is 18.1 Å². The van der Waals surface area contributed by atoms with Crippen LogP contribution in [0.3, 0.4) is 0 Å². The number of carboxylic acids is 1. The van der Waals surface area contributed by atoms with Crippen molar-refractivity contribution in [2.24, 2.45) is 0 Å². The number of carboxylic acid groups (broad SMARTS) is 1. The molecule has 0 aromatic heterocycles. The van der Waals surface area contributed by atoms with Gasteiger partial charge in [-0.25, -0.2) is 9.59 Å². The molecule has 16 heavy (non-hydrogen) atoms. The Kier molecular flexibility index (Phi) is 2.82. The Bertz CT molecular complexity index is 460. The lowest BCUT2D eigenvalue weighted by Crippen LogP contribution is -2.24. The second-order valence-electron chi connectivity index (χ2n) is 3.24. The Morgan fingerprint density at radius 2 is 2.25 bits per heavy atom. The smallest absolute Gasteiger partial charge is 0.414 e. The molecule has 5 nitrogen and oxygen atoms in total. The van der Waals surface area contributed by atoms with E-state index < -0.39 is 12.1 Å². The highest BCUT2D eigenvalue weighted by molar-refractivity contribution is 9.10. The van der Waals surface area contributed by atoms with Crippen molar-refractivity contribution < 1.29 is 19.4 Å². The zero-order chi connectivity index (χ0) is 11.7. The molecule has 0 atom stereocenters. The van der Waals surface area contributed by atoms with Crippen LogP contribution in [0.15, 0.2) is 22.7 Å². The average Bonchev–Trinajstić information content (AvgIpc) is 2.65. The lowest BCUT2D eigenvalue weighted by Gasteiger charge is -2.14. The zero-order valence-corrected chi connectivity index (χ0v) is 9.73. The van der Waals surface area contributed by atoms with Gasteiger partial charge < -0.3 is 9.84 Å². The number of aromatic carboxylic acids is 1. The monoisotopic (exact) mass is 285 g/mol. The first-order chi connectivity index (χ1) is 7.59. The Morgan fingerprint density at radius 1 is 1.50 bits per heavy atom. The summed E-state index contributed by atoms with van der Waals surface area (Å²) in [4.78, 5) is 23.6. The van der Waals surface area contributed by atoms with E-state index in [9.17, 15) is 9.59 Å². The molecule has 0 bridgehead atoms. The molecule has 1 fully saturated rings. The SMILES string of the molecule is O=C(O)c1ccc(Br)c(N2CCOC2=O)c1. The maximum absolute atomic E-state index is 11.3. The van der Waals surface area contributed by atoms with Crippen molar-refractivity contribution in [3.63, 3.8) is 0 Å². The Balaban J connectivity index is 2.42. The van der Waals surface area contributed by atoms with E-state index in [1.807, 2.05) is 0 Å². The molecule has 0 aliphatic carbocycles. The minimum absolute atomic E-state index is 0.137. The molecule has 1 heterocycles. The summed E-state index contributed by atoms with van der Waals surface area (Å²) < 4.78 is 5.46. The molecule has 0 radical (unpaired) electrons. The summed E-state index contributed by atoms with van der Waals surface area (Å²) in [5, 5.41) is 8.86. The molecule has 1 aromatic rings. The van der Waals surface area contributed by atoms with E-state index in [0.717, 1.165) is 0 Å². The number of rotatable bonds is 2. The Labute approximate surface area is 99.7 Å². The fourth-order valence-corrected chi connectivity index (χ4v) is 1.93. The summed E-state index contributed by atoms with van der Waals surface area (Å²) in [6.45, 7) is 0.753. The van der Waals surface area contributed by atoms with Gasteiger partial charge >= 0.3 is 12.1 Å². The number of anilines is 1. The first-order valence-electron chi connectivity index (χ1n) is 4.57. The van der Waals surface area contributed by atoms with Gasteiger partial charge in [0, 0.05) is 4.47 Å². The van der Waals surface area contributed by atoms with Gasteiger partial charge in [0.05, 0.1) is 17.8 Å². The first-order valence-corrected chi connectivity index (χ1v) is 5.36. The van der Waals surface area contributed by atoms with Crippen molar-refractivity contribution in [1.29, 1.82) is 0 Å².